The molecule has 0 aromatic heterocycles. The molecule has 1 amide bonds. The largest absolute Gasteiger partial charge is 0.301 e. The van der Waals surface area contributed by atoms with Crippen molar-refractivity contribution in [1.29, 1.82) is 0 Å². The second-order valence-electron chi connectivity index (χ2n) is 3.76. The highest BCUT2D eigenvalue weighted by atomic mass is 16.2. The van der Waals surface area contributed by atoms with Crippen LogP contribution in [0.4, 0.5) is 0 Å². The van der Waals surface area contributed by atoms with Gasteiger partial charge >= 0.3 is 0 Å². The van der Waals surface area contributed by atoms with Gasteiger partial charge in [0.05, 0.1) is 0 Å². The predicted octanol–water partition coefficient (Wildman–Crippen LogP) is 1.58. The molecule has 0 aromatic carbocycles. The van der Waals surface area contributed by atoms with E-state index >= 15 is 0 Å². The third-order valence-corrected chi connectivity index (χ3v) is 2.74. The van der Waals surface area contributed by atoms with Gasteiger partial charge in [0, 0.05) is 25.9 Å². The molecule has 3 nitrogen and oxygen atoms in total. The third kappa shape index (κ3) is 1.90. The van der Waals surface area contributed by atoms with Crippen molar-refractivity contribution in [2.75, 3.05) is 13.1 Å². The highest BCUT2D eigenvalue weighted by Gasteiger charge is 2.24. The molecule has 0 unspecified atom stereocenters. The van der Waals surface area contributed by atoms with E-state index in [1.807, 2.05) is 4.90 Å². The van der Waals surface area contributed by atoms with Crippen LogP contribution in [0.15, 0.2) is 4.99 Å². The lowest BCUT2D eigenvalue weighted by atomic mass is 10.2. The number of amidine groups is 1. The summed E-state index contributed by atoms with van der Waals surface area (Å²) in [7, 11) is 0. The monoisotopic (exact) mass is 180 g/mol. The molecule has 0 N–H and O–H groups in total. The molecule has 72 valence electrons. The maximum Gasteiger partial charge on any atom is 0.227 e. The average Bonchev–Trinajstić information content (AvgIpc) is 2.43. The number of rotatable bonds is 0. The van der Waals surface area contributed by atoms with E-state index in [-0.39, 0.29) is 5.91 Å². The standard InChI is InChI=1S/C10H16N2O/c13-10-6-4-8-12(10)9-5-2-1-3-7-11-9/h1-8H2. The predicted molar refractivity (Wildman–Crippen MR) is 51.7 cm³/mol. The molecule has 13 heavy (non-hydrogen) atoms. The molecule has 0 atom stereocenters. The van der Waals surface area contributed by atoms with Gasteiger partial charge in [0.15, 0.2) is 0 Å². The van der Waals surface area contributed by atoms with Gasteiger partial charge in [-0.15, -0.1) is 0 Å². The van der Waals surface area contributed by atoms with Crippen molar-refractivity contribution < 1.29 is 4.79 Å². The fourth-order valence-corrected chi connectivity index (χ4v) is 2.00. The van der Waals surface area contributed by atoms with Crippen molar-refractivity contribution >= 4 is 11.7 Å². The van der Waals surface area contributed by atoms with Crippen LogP contribution in [0, 0.1) is 0 Å². The molecule has 2 aliphatic heterocycles. The van der Waals surface area contributed by atoms with Crippen LogP contribution in [0.3, 0.4) is 0 Å². The van der Waals surface area contributed by atoms with E-state index in [1.165, 1.54) is 19.3 Å². The van der Waals surface area contributed by atoms with E-state index < -0.39 is 0 Å². The first kappa shape index (κ1) is 8.73. The van der Waals surface area contributed by atoms with Crippen LogP contribution in [0.25, 0.3) is 0 Å². The SMILES string of the molecule is O=C1CCCN1C1=NCCCCC1. The van der Waals surface area contributed by atoms with E-state index in [9.17, 15) is 4.79 Å². The molecule has 0 radical (unpaired) electrons. The summed E-state index contributed by atoms with van der Waals surface area (Å²) < 4.78 is 0. The number of likely N-dealkylation sites (tertiary alicyclic amines) is 1. The summed E-state index contributed by atoms with van der Waals surface area (Å²) >= 11 is 0. The van der Waals surface area contributed by atoms with Crippen molar-refractivity contribution in [3.05, 3.63) is 0 Å². The summed E-state index contributed by atoms with van der Waals surface area (Å²) in [6, 6.07) is 0. The van der Waals surface area contributed by atoms with Gasteiger partial charge in [-0.25, -0.2) is 0 Å². The van der Waals surface area contributed by atoms with Gasteiger partial charge in [-0.2, -0.15) is 0 Å². The minimum atomic E-state index is 0.278. The summed E-state index contributed by atoms with van der Waals surface area (Å²) in [4.78, 5) is 17.8. The van der Waals surface area contributed by atoms with E-state index in [1.54, 1.807) is 0 Å². The maximum absolute atomic E-state index is 11.4. The third-order valence-electron chi connectivity index (χ3n) is 2.74. The fourth-order valence-electron chi connectivity index (χ4n) is 2.00. The quantitative estimate of drug-likeness (QED) is 0.557. The number of hydrogen-bond donors (Lipinski definition) is 0. The Hall–Kier alpha value is -0.860. The molecular formula is C10H16N2O. The van der Waals surface area contributed by atoms with E-state index in [0.29, 0.717) is 0 Å². The fraction of sp³-hybridized carbons (Fsp3) is 0.800. The second-order valence-corrected chi connectivity index (χ2v) is 3.76. The molecule has 0 spiro atoms. The van der Waals surface area contributed by atoms with Crippen LogP contribution in [0.2, 0.25) is 0 Å². The number of amides is 1. The first-order valence-electron chi connectivity index (χ1n) is 5.21. The Bertz CT molecular complexity index is 235. The molecule has 2 heterocycles. The zero-order valence-corrected chi connectivity index (χ0v) is 7.96. The lowest BCUT2D eigenvalue weighted by Crippen LogP contribution is -2.31. The Morgan fingerprint density at radius 3 is 2.77 bits per heavy atom. The highest BCUT2D eigenvalue weighted by molar-refractivity contribution is 5.99. The molecule has 0 aliphatic carbocycles. The van der Waals surface area contributed by atoms with Gasteiger partial charge in [0.25, 0.3) is 0 Å². The summed E-state index contributed by atoms with van der Waals surface area (Å²) in [5, 5.41) is 0. The van der Waals surface area contributed by atoms with E-state index in [0.717, 1.165) is 38.2 Å². The minimum absolute atomic E-state index is 0.278. The number of carbonyl (C=O) groups excluding carboxylic acids is 1. The van der Waals surface area contributed by atoms with Crippen molar-refractivity contribution in [3.8, 4) is 0 Å². The lowest BCUT2D eigenvalue weighted by Gasteiger charge is -2.16. The molecular weight excluding hydrogens is 164 g/mol. The summed E-state index contributed by atoms with van der Waals surface area (Å²) in [6.07, 6.45) is 6.38. The van der Waals surface area contributed by atoms with E-state index in [2.05, 4.69) is 4.99 Å². The zero-order valence-electron chi connectivity index (χ0n) is 7.96. The summed E-state index contributed by atoms with van der Waals surface area (Å²) in [5.41, 5.74) is 0. The van der Waals surface area contributed by atoms with Gasteiger partial charge in [0.1, 0.15) is 5.84 Å². The molecule has 2 aliphatic rings. The number of nitrogens with zero attached hydrogens (tertiary/aromatic N) is 2. The number of aliphatic imine (C=N–C) groups is 1. The maximum atomic E-state index is 11.4. The van der Waals surface area contributed by atoms with Crippen molar-refractivity contribution in [2.45, 2.75) is 38.5 Å². The topological polar surface area (TPSA) is 32.7 Å². The molecule has 0 saturated carbocycles. The number of carbonyl (C=O) groups is 1. The summed E-state index contributed by atoms with van der Waals surface area (Å²) in [6.45, 7) is 1.82. The van der Waals surface area contributed by atoms with Crippen LogP contribution in [-0.4, -0.2) is 29.7 Å². The zero-order chi connectivity index (χ0) is 9.10. The van der Waals surface area contributed by atoms with Crippen LogP contribution in [-0.2, 0) is 4.79 Å². The van der Waals surface area contributed by atoms with Crippen molar-refractivity contribution in [3.63, 3.8) is 0 Å². The molecule has 1 saturated heterocycles. The smallest absolute Gasteiger partial charge is 0.227 e. The van der Waals surface area contributed by atoms with Gasteiger partial charge in [0.2, 0.25) is 5.91 Å². The Balaban J connectivity index is 2.05. The Morgan fingerprint density at radius 1 is 1.08 bits per heavy atom. The normalized spacial score (nSPS) is 24.5. The minimum Gasteiger partial charge on any atom is -0.301 e. The van der Waals surface area contributed by atoms with E-state index in [4.69, 9.17) is 0 Å². The number of hydrogen-bond acceptors (Lipinski definition) is 2. The van der Waals surface area contributed by atoms with Crippen LogP contribution < -0.4 is 0 Å². The first-order chi connectivity index (χ1) is 6.38. The van der Waals surface area contributed by atoms with Gasteiger partial charge in [-0.05, 0) is 19.3 Å². The highest BCUT2D eigenvalue weighted by Crippen LogP contribution is 2.16. The van der Waals surface area contributed by atoms with Crippen LogP contribution in [0.1, 0.15) is 38.5 Å². The molecule has 0 bridgehead atoms. The molecule has 3 heteroatoms. The summed E-state index contributed by atoms with van der Waals surface area (Å²) in [5.74, 6) is 1.33. The lowest BCUT2D eigenvalue weighted by molar-refractivity contribution is -0.124. The Labute approximate surface area is 78.8 Å². The van der Waals surface area contributed by atoms with Gasteiger partial charge in [-0.3, -0.25) is 9.79 Å². The van der Waals surface area contributed by atoms with Crippen LogP contribution >= 0.6 is 0 Å². The molecule has 1 fully saturated rings. The first-order valence-corrected chi connectivity index (χ1v) is 5.21. The van der Waals surface area contributed by atoms with Crippen molar-refractivity contribution in [1.82, 2.24) is 4.90 Å². The van der Waals surface area contributed by atoms with Gasteiger partial charge < -0.3 is 4.90 Å². The second kappa shape index (κ2) is 3.90. The van der Waals surface area contributed by atoms with Gasteiger partial charge in [-0.1, -0.05) is 6.42 Å². The Morgan fingerprint density at radius 2 is 2.00 bits per heavy atom. The Kier molecular flexibility index (Phi) is 2.62. The van der Waals surface area contributed by atoms with Crippen LogP contribution in [0.5, 0.6) is 0 Å². The molecule has 0 aromatic rings. The molecule has 2 rings (SSSR count). The van der Waals surface area contributed by atoms with Crippen molar-refractivity contribution in [2.24, 2.45) is 4.99 Å². The average molecular weight is 180 g/mol.